The highest BCUT2D eigenvalue weighted by molar-refractivity contribution is 7.11. The first kappa shape index (κ1) is 16.2. The van der Waals surface area contributed by atoms with Crippen LogP contribution in [0.1, 0.15) is 34.2 Å². The molecule has 3 heterocycles. The lowest BCUT2D eigenvalue weighted by Gasteiger charge is -2.06. The van der Waals surface area contributed by atoms with E-state index in [1.54, 1.807) is 17.4 Å². The number of nitrogens with zero attached hydrogens (tertiary/aromatic N) is 5. The molecule has 3 aromatic heterocycles. The fraction of sp³-hybridized carbons (Fsp3) is 0.467. The van der Waals surface area contributed by atoms with Gasteiger partial charge >= 0.3 is 6.18 Å². The molecule has 0 aromatic carbocycles. The van der Waals surface area contributed by atoms with E-state index in [4.69, 9.17) is 0 Å². The third-order valence-electron chi connectivity index (χ3n) is 4.05. The van der Waals surface area contributed by atoms with E-state index in [1.807, 2.05) is 0 Å². The van der Waals surface area contributed by atoms with Crippen LogP contribution >= 0.6 is 11.3 Å². The predicted molar refractivity (Wildman–Crippen MR) is 86.7 cm³/mol. The van der Waals surface area contributed by atoms with Crippen molar-refractivity contribution in [1.29, 1.82) is 0 Å². The van der Waals surface area contributed by atoms with Crippen molar-refractivity contribution in [2.24, 2.45) is 0 Å². The minimum atomic E-state index is -4.59. The van der Waals surface area contributed by atoms with Crippen molar-refractivity contribution in [3.8, 4) is 0 Å². The van der Waals surface area contributed by atoms with Crippen molar-refractivity contribution in [3.05, 3.63) is 33.5 Å². The fourth-order valence-corrected chi connectivity index (χ4v) is 4.03. The van der Waals surface area contributed by atoms with Gasteiger partial charge in [-0.15, -0.1) is 26.6 Å². The van der Waals surface area contributed by atoms with E-state index < -0.39 is 12.0 Å². The van der Waals surface area contributed by atoms with Crippen LogP contribution in [-0.2, 0) is 25.4 Å². The van der Waals surface area contributed by atoms with Gasteiger partial charge in [-0.05, 0) is 37.8 Å². The van der Waals surface area contributed by atoms with Gasteiger partial charge in [-0.1, -0.05) is 0 Å². The van der Waals surface area contributed by atoms with E-state index in [0.717, 1.165) is 17.8 Å². The quantitative estimate of drug-likeness (QED) is 0.766. The van der Waals surface area contributed by atoms with Gasteiger partial charge in [0.2, 0.25) is 0 Å². The Morgan fingerprint density at radius 2 is 2.00 bits per heavy atom. The molecular weight excluding hydrogens is 353 g/mol. The Labute approximate surface area is 145 Å². The molecule has 6 nitrogen and oxygen atoms in total. The summed E-state index contributed by atoms with van der Waals surface area (Å²) in [6.07, 6.45) is 0.685. The summed E-state index contributed by atoms with van der Waals surface area (Å²) in [4.78, 5) is 6.03. The smallest absolute Gasteiger partial charge is 0.368 e. The highest BCUT2D eigenvalue weighted by Crippen LogP contribution is 2.28. The number of aromatic nitrogens is 5. The van der Waals surface area contributed by atoms with E-state index in [2.05, 4.69) is 25.6 Å². The second-order valence-electron chi connectivity index (χ2n) is 5.87. The number of aryl methyl sites for hydroxylation is 2. The van der Waals surface area contributed by atoms with Crippen LogP contribution in [0.25, 0.3) is 5.65 Å². The summed E-state index contributed by atoms with van der Waals surface area (Å²) in [5, 5.41) is 14.7. The van der Waals surface area contributed by atoms with Gasteiger partial charge in [0.05, 0.1) is 10.7 Å². The summed E-state index contributed by atoms with van der Waals surface area (Å²) < 4.78 is 39.3. The molecule has 0 spiro atoms. The Bertz CT molecular complexity index is 877. The van der Waals surface area contributed by atoms with Gasteiger partial charge in [0.15, 0.2) is 5.65 Å². The van der Waals surface area contributed by atoms with Crippen molar-refractivity contribution in [3.63, 3.8) is 0 Å². The number of anilines is 1. The molecule has 1 aliphatic carbocycles. The Hall–Kier alpha value is -2.23. The average Bonchev–Trinajstić information content (AvgIpc) is 3.17. The Kier molecular flexibility index (Phi) is 4.06. The van der Waals surface area contributed by atoms with Crippen LogP contribution in [0.4, 0.5) is 19.0 Å². The van der Waals surface area contributed by atoms with E-state index in [-0.39, 0.29) is 5.65 Å². The lowest BCUT2D eigenvalue weighted by atomic mass is 10.0. The maximum atomic E-state index is 12.9. The van der Waals surface area contributed by atoms with Crippen LogP contribution in [0, 0.1) is 0 Å². The standard InChI is InChI=1S/C15H15F3N6S/c16-15(17,18)14-22-21-12-6-5-11(23-24(12)14)19-8-7-13-20-9-3-1-2-4-10(9)25-13/h5-6H,1-4,7-8H2,(H,19,23). The van der Waals surface area contributed by atoms with Crippen LogP contribution in [0.2, 0.25) is 0 Å². The molecule has 1 N–H and O–H groups in total. The lowest BCUT2D eigenvalue weighted by molar-refractivity contribution is -0.146. The molecule has 0 amide bonds. The molecule has 0 fully saturated rings. The molecule has 0 bridgehead atoms. The molecule has 10 heteroatoms. The van der Waals surface area contributed by atoms with Crippen LogP contribution in [0.5, 0.6) is 0 Å². The summed E-state index contributed by atoms with van der Waals surface area (Å²) in [6.45, 7) is 0.550. The van der Waals surface area contributed by atoms with Gasteiger partial charge in [0.25, 0.3) is 5.82 Å². The third-order valence-corrected chi connectivity index (χ3v) is 5.27. The first-order valence-electron chi connectivity index (χ1n) is 8.02. The molecule has 132 valence electrons. The molecule has 0 atom stereocenters. The summed E-state index contributed by atoms with van der Waals surface area (Å²) >= 11 is 1.73. The molecule has 3 aromatic rings. The van der Waals surface area contributed by atoms with Gasteiger partial charge in [0, 0.05) is 17.8 Å². The average molecular weight is 368 g/mol. The zero-order valence-electron chi connectivity index (χ0n) is 13.2. The number of alkyl halides is 3. The van der Waals surface area contributed by atoms with Crippen molar-refractivity contribution in [1.82, 2.24) is 24.8 Å². The number of hydrogen-bond acceptors (Lipinski definition) is 6. The van der Waals surface area contributed by atoms with Gasteiger partial charge in [-0.25, -0.2) is 4.98 Å². The molecule has 0 aliphatic heterocycles. The summed E-state index contributed by atoms with van der Waals surface area (Å²) in [5.74, 6) is -0.780. The fourth-order valence-electron chi connectivity index (χ4n) is 2.87. The second-order valence-corrected chi connectivity index (χ2v) is 7.04. The Morgan fingerprint density at radius 3 is 2.80 bits per heavy atom. The molecule has 0 radical (unpaired) electrons. The van der Waals surface area contributed by atoms with Gasteiger partial charge < -0.3 is 5.32 Å². The number of fused-ring (bicyclic) bond motifs is 2. The largest absolute Gasteiger partial charge is 0.453 e. The second kappa shape index (κ2) is 6.25. The van der Waals surface area contributed by atoms with Crippen LogP contribution in [0.15, 0.2) is 12.1 Å². The highest BCUT2D eigenvalue weighted by Gasteiger charge is 2.37. The summed E-state index contributed by atoms with van der Waals surface area (Å²) in [6, 6.07) is 3.05. The van der Waals surface area contributed by atoms with Crippen molar-refractivity contribution in [2.75, 3.05) is 11.9 Å². The van der Waals surface area contributed by atoms with E-state index >= 15 is 0 Å². The lowest BCUT2D eigenvalue weighted by Crippen LogP contribution is -2.14. The minimum Gasteiger partial charge on any atom is -0.368 e. The molecule has 0 saturated heterocycles. The Balaban J connectivity index is 1.45. The first-order chi connectivity index (χ1) is 12.0. The van der Waals surface area contributed by atoms with E-state index in [9.17, 15) is 13.2 Å². The van der Waals surface area contributed by atoms with Crippen molar-refractivity contribution >= 4 is 22.8 Å². The highest BCUT2D eigenvalue weighted by atomic mass is 32.1. The normalized spacial score (nSPS) is 14.7. The molecule has 4 rings (SSSR count). The van der Waals surface area contributed by atoms with Gasteiger partial charge in [-0.3, -0.25) is 0 Å². The number of hydrogen-bond donors (Lipinski definition) is 1. The summed E-state index contributed by atoms with van der Waals surface area (Å²) in [5.41, 5.74) is 1.27. The first-order valence-corrected chi connectivity index (χ1v) is 8.83. The number of halogens is 3. The Morgan fingerprint density at radius 1 is 1.16 bits per heavy atom. The minimum absolute atomic E-state index is 0.0606. The maximum Gasteiger partial charge on any atom is 0.453 e. The molecule has 1 aliphatic rings. The number of rotatable bonds is 4. The van der Waals surface area contributed by atoms with Crippen molar-refractivity contribution in [2.45, 2.75) is 38.3 Å². The molecular formula is C15H15F3N6S. The topological polar surface area (TPSA) is 68.0 Å². The summed E-state index contributed by atoms with van der Waals surface area (Å²) in [7, 11) is 0. The maximum absolute atomic E-state index is 12.9. The van der Waals surface area contributed by atoms with Crippen LogP contribution in [0.3, 0.4) is 0 Å². The number of thiazole rings is 1. The predicted octanol–water partition coefficient (Wildman–Crippen LogP) is 3.13. The zero-order valence-corrected chi connectivity index (χ0v) is 14.0. The molecule has 0 saturated carbocycles. The molecule has 0 unspecified atom stereocenters. The number of nitrogens with one attached hydrogen (secondary N) is 1. The van der Waals surface area contributed by atoms with E-state index in [0.29, 0.717) is 23.3 Å². The van der Waals surface area contributed by atoms with Crippen LogP contribution in [-0.4, -0.2) is 31.3 Å². The third kappa shape index (κ3) is 3.30. The van der Waals surface area contributed by atoms with Crippen LogP contribution < -0.4 is 5.32 Å². The SMILES string of the molecule is FC(F)(F)c1nnc2ccc(NCCc3nc4c(s3)CCCC4)nn12. The van der Waals surface area contributed by atoms with Gasteiger partial charge in [-0.2, -0.15) is 17.7 Å². The van der Waals surface area contributed by atoms with Crippen molar-refractivity contribution < 1.29 is 13.2 Å². The monoisotopic (exact) mass is 368 g/mol. The molecule has 25 heavy (non-hydrogen) atoms. The zero-order chi connectivity index (χ0) is 17.4. The van der Waals surface area contributed by atoms with E-state index in [1.165, 1.54) is 29.5 Å². The van der Waals surface area contributed by atoms with Gasteiger partial charge in [0.1, 0.15) is 5.82 Å².